The second-order valence-corrected chi connectivity index (χ2v) is 7.00. The summed E-state index contributed by atoms with van der Waals surface area (Å²) in [6.07, 6.45) is 3.88. The van der Waals surface area contributed by atoms with Gasteiger partial charge in [0, 0.05) is 32.4 Å². The van der Waals surface area contributed by atoms with E-state index in [9.17, 15) is 9.90 Å². The van der Waals surface area contributed by atoms with Gasteiger partial charge in [0.25, 0.3) is 0 Å². The van der Waals surface area contributed by atoms with Crippen molar-refractivity contribution in [1.29, 1.82) is 0 Å². The molecular formula is C21H22N2O3S. The molecule has 2 aromatic heterocycles. The highest BCUT2D eigenvalue weighted by Crippen LogP contribution is 2.27. The molecule has 0 radical (unpaired) electrons. The first-order valence-electron chi connectivity index (χ1n) is 8.71. The summed E-state index contributed by atoms with van der Waals surface area (Å²) in [6.45, 7) is 1.24. The van der Waals surface area contributed by atoms with Gasteiger partial charge in [0.05, 0.1) is 17.4 Å². The first kappa shape index (κ1) is 19.1. The van der Waals surface area contributed by atoms with E-state index < -0.39 is 5.97 Å². The second kappa shape index (κ2) is 9.30. The van der Waals surface area contributed by atoms with Crippen LogP contribution in [0.15, 0.2) is 59.6 Å². The third-order valence-corrected chi connectivity index (χ3v) is 5.18. The molecule has 0 aliphatic rings. The van der Waals surface area contributed by atoms with Crippen LogP contribution >= 0.6 is 11.3 Å². The van der Waals surface area contributed by atoms with Crippen molar-refractivity contribution >= 4 is 23.0 Å². The molecule has 2 N–H and O–H groups in total. The normalized spacial score (nSPS) is 11.9. The summed E-state index contributed by atoms with van der Waals surface area (Å²) >= 11 is 1.69. The molecule has 0 aliphatic carbocycles. The standard InChI is InChI=1S/C21H22N2O3S/c1-26-10-7-17(12-23-20-13-22-9-6-19(20)21(24)25)15-2-4-16(5-3-15)18-8-11-27-14-18/h2-6,8-9,11,13-14,17,23H,7,10,12H2,1H3,(H,24,25)/t17-/m1/s1. The van der Waals surface area contributed by atoms with Crippen molar-refractivity contribution < 1.29 is 14.6 Å². The fraction of sp³-hybridized carbons (Fsp3) is 0.238. The molecule has 5 nitrogen and oxygen atoms in total. The Balaban J connectivity index is 1.75. The van der Waals surface area contributed by atoms with E-state index in [1.807, 2.05) is 0 Å². The molecule has 0 spiro atoms. The molecule has 0 bridgehead atoms. The lowest BCUT2D eigenvalue weighted by molar-refractivity contribution is 0.0697. The Kier molecular flexibility index (Phi) is 6.57. The van der Waals surface area contributed by atoms with Gasteiger partial charge in [-0.15, -0.1) is 0 Å². The third kappa shape index (κ3) is 4.93. The zero-order valence-electron chi connectivity index (χ0n) is 15.1. The van der Waals surface area contributed by atoms with Gasteiger partial charge in [-0.25, -0.2) is 4.79 Å². The number of hydrogen-bond acceptors (Lipinski definition) is 5. The lowest BCUT2D eigenvalue weighted by Crippen LogP contribution is -2.16. The maximum atomic E-state index is 11.4. The number of aromatic carboxylic acids is 1. The van der Waals surface area contributed by atoms with Crippen LogP contribution in [0.1, 0.15) is 28.3 Å². The summed E-state index contributed by atoms with van der Waals surface area (Å²) in [5.41, 5.74) is 4.36. The van der Waals surface area contributed by atoms with Crippen molar-refractivity contribution in [3.8, 4) is 11.1 Å². The number of benzene rings is 1. The number of rotatable bonds is 9. The molecule has 0 fully saturated rings. The molecule has 0 unspecified atom stereocenters. The highest BCUT2D eigenvalue weighted by molar-refractivity contribution is 7.08. The Morgan fingerprint density at radius 2 is 2.04 bits per heavy atom. The minimum atomic E-state index is -0.964. The van der Waals surface area contributed by atoms with E-state index in [2.05, 4.69) is 51.4 Å². The molecular weight excluding hydrogens is 360 g/mol. The number of thiophene rings is 1. The highest BCUT2D eigenvalue weighted by Gasteiger charge is 2.15. The van der Waals surface area contributed by atoms with Crippen molar-refractivity contribution in [3.05, 3.63) is 70.7 Å². The average Bonchev–Trinajstić information content (AvgIpc) is 3.23. The van der Waals surface area contributed by atoms with Gasteiger partial charge < -0.3 is 15.2 Å². The van der Waals surface area contributed by atoms with Crippen LogP contribution in [0.5, 0.6) is 0 Å². The SMILES string of the molecule is COCC[C@H](CNc1cnccc1C(=O)O)c1ccc(-c2ccsc2)cc1. The number of methoxy groups -OCH3 is 1. The Bertz CT molecular complexity index is 863. The largest absolute Gasteiger partial charge is 0.478 e. The van der Waals surface area contributed by atoms with Crippen LogP contribution < -0.4 is 5.32 Å². The summed E-state index contributed by atoms with van der Waals surface area (Å²) < 4.78 is 5.26. The minimum Gasteiger partial charge on any atom is -0.478 e. The van der Waals surface area contributed by atoms with Gasteiger partial charge in [-0.05, 0) is 46.0 Å². The third-order valence-electron chi connectivity index (χ3n) is 4.50. The number of hydrogen-bond donors (Lipinski definition) is 2. The van der Waals surface area contributed by atoms with E-state index in [0.29, 0.717) is 18.8 Å². The van der Waals surface area contributed by atoms with Crippen LogP contribution in [0, 0.1) is 0 Å². The molecule has 0 aliphatic heterocycles. The predicted octanol–water partition coefficient (Wildman–Crippen LogP) is 4.74. The van der Waals surface area contributed by atoms with Crippen molar-refractivity contribution in [1.82, 2.24) is 4.98 Å². The summed E-state index contributed by atoms with van der Waals surface area (Å²) in [6, 6.07) is 12.1. The van der Waals surface area contributed by atoms with Gasteiger partial charge in [0.15, 0.2) is 0 Å². The van der Waals surface area contributed by atoms with Gasteiger partial charge in [-0.3, -0.25) is 4.98 Å². The zero-order valence-corrected chi connectivity index (χ0v) is 15.9. The van der Waals surface area contributed by atoms with Crippen LogP contribution in [-0.2, 0) is 4.74 Å². The number of carboxylic acids is 1. The molecule has 140 valence electrons. The molecule has 2 heterocycles. The number of pyridine rings is 1. The van der Waals surface area contributed by atoms with Crippen LogP contribution in [0.3, 0.4) is 0 Å². The lowest BCUT2D eigenvalue weighted by Gasteiger charge is -2.19. The number of nitrogens with one attached hydrogen (secondary N) is 1. The van der Waals surface area contributed by atoms with E-state index in [4.69, 9.17) is 4.74 Å². The van der Waals surface area contributed by atoms with E-state index >= 15 is 0 Å². The number of aromatic nitrogens is 1. The Morgan fingerprint density at radius 3 is 2.70 bits per heavy atom. The second-order valence-electron chi connectivity index (χ2n) is 6.22. The molecule has 0 saturated heterocycles. The van der Waals surface area contributed by atoms with Gasteiger partial charge in [0.1, 0.15) is 0 Å². The predicted molar refractivity (Wildman–Crippen MR) is 109 cm³/mol. The Labute approximate surface area is 162 Å². The van der Waals surface area contributed by atoms with Crippen LogP contribution in [0.4, 0.5) is 5.69 Å². The van der Waals surface area contributed by atoms with Crippen LogP contribution in [-0.4, -0.2) is 36.3 Å². The summed E-state index contributed by atoms with van der Waals surface area (Å²) in [4.78, 5) is 15.4. The zero-order chi connectivity index (χ0) is 19.1. The van der Waals surface area contributed by atoms with Crippen molar-refractivity contribution in [2.45, 2.75) is 12.3 Å². The number of anilines is 1. The molecule has 1 atom stereocenters. The van der Waals surface area contributed by atoms with Crippen LogP contribution in [0.2, 0.25) is 0 Å². The van der Waals surface area contributed by atoms with Gasteiger partial charge in [-0.2, -0.15) is 11.3 Å². The number of carbonyl (C=O) groups is 1. The fourth-order valence-corrected chi connectivity index (χ4v) is 3.64. The molecule has 3 aromatic rings. The fourth-order valence-electron chi connectivity index (χ4n) is 2.98. The van der Waals surface area contributed by atoms with Crippen LogP contribution in [0.25, 0.3) is 11.1 Å². The average molecular weight is 382 g/mol. The maximum Gasteiger partial charge on any atom is 0.337 e. The van der Waals surface area contributed by atoms with E-state index in [1.54, 1.807) is 24.6 Å². The molecule has 1 aromatic carbocycles. The van der Waals surface area contributed by atoms with E-state index in [0.717, 1.165) is 6.42 Å². The molecule has 0 amide bonds. The van der Waals surface area contributed by atoms with Gasteiger partial charge >= 0.3 is 5.97 Å². The first-order chi connectivity index (χ1) is 13.2. The smallest absolute Gasteiger partial charge is 0.337 e. The van der Waals surface area contributed by atoms with Crippen molar-refractivity contribution in [3.63, 3.8) is 0 Å². The highest BCUT2D eigenvalue weighted by atomic mass is 32.1. The molecule has 0 saturated carbocycles. The lowest BCUT2D eigenvalue weighted by atomic mass is 9.94. The Morgan fingerprint density at radius 1 is 1.22 bits per heavy atom. The minimum absolute atomic E-state index is 0.198. The van der Waals surface area contributed by atoms with E-state index in [1.165, 1.54) is 29.0 Å². The summed E-state index contributed by atoms with van der Waals surface area (Å²) in [5.74, 6) is -0.767. The first-order valence-corrected chi connectivity index (χ1v) is 9.66. The number of ether oxygens (including phenoxy) is 1. The topological polar surface area (TPSA) is 71.5 Å². The van der Waals surface area contributed by atoms with Crippen molar-refractivity contribution in [2.24, 2.45) is 0 Å². The number of nitrogens with zero attached hydrogens (tertiary/aromatic N) is 1. The van der Waals surface area contributed by atoms with Gasteiger partial charge in [-0.1, -0.05) is 24.3 Å². The van der Waals surface area contributed by atoms with E-state index in [-0.39, 0.29) is 11.5 Å². The Hall–Kier alpha value is -2.70. The quantitative estimate of drug-likeness (QED) is 0.559. The maximum absolute atomic E-state index is 11.4. The summed E-state index contributed by atoms with van der Waals surface area (Å²) in [7, 11) is 1.69. The number of carboxylic acid groups (broad SMARTS) is 1. The molecule has 3 rings (SSSR count). The van der Waals surface area contributed by atoms with Crippen molar-refractivity contribution in [2.75, 3.05) is 25.6 Å². The summed E-state index contributed by atoms with van der Waals surface area (Å²) in [5, 5.41) is 16.8. The van der Waals surface area contributed by atoms with Gasteiger partial charge in [0.2, 0.25) is 0 Å². The monoisotopic (exact) mass is 382 g/mol. The molecule has 6 heteroatoms. The molecule has 27 heavy (non-hydrogen) atoms.